The lowest BCUT2D eigenvalue weighted by Crippen LogP contribution is -2.32. The van der Waals surface area contributed by atoms with E-state index in [1.165, 1.54) is 36.6 Å². The van der Waals surface area contributed by atoms with E-state index in [1.807, 2.05) is 12.3 Å². The van der Waals surface area contributed by atoms with Crippen molar-refractivity contribution >= 4 is 40.7 Å². The molecule has 0 bridgehead atoms. The van der Waals surface area contributed by atoms with Crippen LogP contribution in [-0.4, -0.2) is 36.5 Å². The van der Waals surface area contributed by atoms with E-state index in [0.29, 0.717) is 28.7 Å². The third-order valence-corrected chi connectivity index (χ3v) is 6.11. The van der Waals surface area contributed by atoms with Crippen LogP contribution in [0.25, 0.3) is 0 Å². The van der Waals surface area contributed by atoms with Gasteiger partial charge < -0.3 is 14.8 Å². The molecule has 0 saturated carbocycles. The first kappa shape index (κ1) is 23.9. The Kier molecular flexibility index (Phi) is 7.63. The number of nitrogens with one attached hydrogen (secondary N) is 1. The number of methoxy groups -OCH3 is 1. The molecule has 0 aliphatic carbocycles. The normalized spacial score (nSPS) is 16.8. The van der Waals surface area contributed by atoms with Crippen LogP contribution in [0.4, 0.5) is 4.39 Å². The van der Waals surface area contributed by atoms with Gasteiger partial charge in [0.05, 0.1) is 31.4 Å². The number of hydrogen-bond acceptors (Lipinski definition) is 8. The Labute approximate surface area is 194 Å². The van der Waals surface area contributed by atoms with Gasteiger partial charge in [0.15, 0.2) is 10.8 Å². The topological polar surface area (TPSA) is 89.9 Å². The molecule has 3 rings (SSSR count). The third-order valence-electron chi connectivity index (χ3n) is 4.91. The number of carbonyl (C=O) groups excluding carboxylic acids is 2. The Bertz CT molecular complexity index is 1100. The van der Waals surface area contributed by atoms with E-state index in [2.05, 4.69) is 15.3 Å². The summed E-state index contributed by atoms with van der Waals surface area (Å²) in [6.07, 6.45) is 0.218. The van der Waals surface area contributed by atoms with Gasteiger partial charge in [-0.1, -0.05) is 24.6 Å². The number of hydrogen-bond donors (Lipinski definition) is 1. The summed E-state index contributed by atoms with van der Waals surface area (Å²) in [5.74, 6) is -1.02. The van der Waals surface area contributed by atoms with Crippen LogP contribution in [-0.2, 0) is 19.1 Å². The molecule has 0 fully saturated rings. The van der Waals surface area contributed by atoms with Crippen molar-refractivity contribution in [1.82, 2.24) is 10.3 Å². The van der Waals surface area contributed by atoms with Crippen LogP contribution in [0.1, 0.15) is 55.4 Å². The molecule has 2 heterocycles. The fraction of sp³-hybridized carbons (Fsp3) is 0.364. The molecule has 0 radical (unpaired) electrons. The van der Waals surface area contributed by atoms with Crippen LogP contribution in [0.5, 0.6) is 0 Å². The Hall–Kier alpha value is -2.78. The lowest BCUT2D eigenvalue weighted by Gasteiger charge is -2.25. The second kappa shape index (κ2) is 10.2. The van der Waals surface area contributed by atoms with Gasteiger partial charge in [-0.25, -0.2) is 14.2 Å². The van der Waals surface area contributed by atoms with E-state index < -0.39 is 17.8 Å². The van der Waals surface area contributed by atoms with Crippen molar-refractivity contribution in [1.29, 1.82) is 0 Å². The molecule has 2 unspecified atom stereocenters. The van der Waals surface area contributed by atoms with Crippen LogP contribution in [0.2, 0.25) is 5.02 Å². The minimum absolute atomic E-state index is 0.132. The quantitative estimate of drug-likeness (QED) is 0.587. The Morgan fingerprint density at radius 1 is 1.38 bits per heavy atom. The highest BCUT2D eigenvalue weighted by Crippen LogP contribution is 2.36. The molecule has 32 heavy (non-hydrogen) atoms. The number of allylic oxidation sites excluding steroid dienone is 1. The summed E-state index contributed by atoms with van der Waals surface area (Å²) in [6, 6.07) is 3.15. The van der Waals surface area contributed by atoms with Crippen molar-refractivity contribution in [2.75, 3.05) is 13.7 Å². The van der Waals surface area contributed by atoms with Crippen LogP contribution >= 0.6 is 22.9 Å². The van der Waals surface area contributed by atoms with Gasteiger partial charge in [-0.3, -0.25) is 9.79 Å². The number of benzene rings is 1. The number of carbonyl (C=O) groups is 2. The number of halogens is 2. The first-order valence-corrected chi connectivity index (χ1v) is 11.2. The van der Waals surface area contributed by atoms with Crippen LogP contribution < -0.4 is 5.32 Å². The fourth-order valence-electron chi connectivity index (χ4n) is 3.30. The predicted octanol–water partition coefficient (Wildman–Crippen LogP) is 4.53. The van der Waals surface area contributed by atoms with Crippen LogP contribution in [0.3, 0.4) is 0 Å². The molecule has 0 spiro atoms. The molecule has 1 N–H and O–H groups in total. The zero-order valence-electron chi connectivity index (χ0n) is 18.1. The highest BCUT2D eigenvalue weighted by atomic mass is 35.5. The lowest BCUT2D eigenvalue weighted by molar-refractivity contribution is -0.143. The summed E-state index contributed by atoms with van der Waals surface area (Å²) in [7, 11) is 1.28. The summed E-state index contributed by atoms with van der Waals surface area (Å²) in [5.41, 5.74) is 2.01. The molecular formula is C22H23ClFN3O4S. The molecule has 0 saturated heterocycles. The molecule has 1 aliphatic heterocycles. The Balaban J connectivity index is 1.96. The van der Waals surface area contributed by atoms with E-state index in [1.54, 1.807) is 13.8 Å². The highest BCUT2D eigenvalue weighted by Gasteiger charge is 2.32. The van der Waals surface area contributed by atoms with Crippen molar-refractivity contribution in [3.8, 4) is 0 Å². The largest absolute Gasteiger partial charge is 0.466 e. The molecule has 1 aromatic carbocycles. The number of amidine groups is 1. The number of rotatable bonds is 7. The van der Waals surface area contributed by atoms with Gasteiger partial charge in [0.2, 0.25) is 0 Å². The average molecular weight is 480 g/mol. The Morgan fingerprint density at radius 3 is 2.78 bits per heavy atom. The Morgan fingerprint density at radius 2 is 2.12 bits per heavy atom. The van der Waals surface area contributed by atoms with Crippen molar-refractivity contribution in [2.45, 2.75) is 39.2 Å². The first-order valence-electron chi connectivity index (χ1n) is 9.95. The molecule has 2 atom stereocenters. The molecule has 1 aliphatic rings. The summed E-state index contributed by atoms with van der Waals surface area (Å²) in [6.45, 7) is 5.71. The van der Waals surface area contributed by atoms with E-state index >= 15 is 0 Å². The third kappa shape index (κ3) is 5.16. The molecular weight excluding hydrogens is 457 g/mol. The summed E-state index contributed by atoms with van der Waals surface area (Å²) < 4.78 is 23.5. The number of ether oxygens (including phenoxy) is 2. The number of aliphatic imine (C=N–C) groups is 1. The molecule has 0 amide bonds. The zero-order chi connectivity index (χ0) is 23.4. The SMILES string of the molecule is CCOC(=O)CC(C)c1csc(C2=NC(c3ccc(F)cc3Cl)C(C(=O)OC)=C(C)N2)n1. The minimum atomic E-state index is -0.795. The van der Waals surface area contributed by atoms with Gasteiger partial charge in [-0.15, -0.1) is 11.3 Å². The van der Waals surface area contributed by atoms with Crippen molar-refractivity contribution in [3.63, 3.8) is 0 Å². The summed E-state index contributed by atoms with van der Waals surface area (Å²) >= 11 is 7.63. The first-order chi connectivity index (χ1) is 15.2. The second-order valence-corrected chi connectivity index (χ2v) is 8.45. The van der Waals surface area contributed by atoms with Crippen LogP contribution in [0.15, 0.2) is 39.8 Å². The number of aromatic nitrogens is 1. The number of nitrogens with zero attached hydrogens (tertiary/aromatic N) is 2. The number of esters is 2. The zero-order valence-corrected chi connectivity index (χ0v) is 19.6. The maximum atomic E-state index is 13.6. The molecule has 10 heteroatoms. The van der Waals surface area contributed by atoms with Gasteiger partial charge in [-0.05, 0) is 26.0 Å². The van der Waals surface area contributed by atoms with Gasteiger partial charge in [0, 0.05) is 27.6 Å². The fourth-order valence-corrected chi connectivity index (χ4v) is 4.46. The predicted molar refractivity (Wildman–Crippen MR) is 120 cm³/mol. The number of thiazole rings is 1. The molecule has 7 nitrogen and oxygen atoms in total. The van der Waals surface area contributed by atoms with Crippen LogP contribution in [0, 0.1) is 5.82 Å². The van der Waals surface area contributed by atoms with Gasteiger partial charge in [0.25, 0.3) is 0 Å². The van der Waals surface area contributed by atoms with Crippen molar-refractivity contribution < 1.29 is 23.5 Å². The van der Waals surface area contributed by atoms with Gasteiger partial charge >= 0.3 is 11.9 Å². The van der Waals surface area contributed by atoms with E-state index in [0.717, 1.165) is 5.69 Å². The van der Waals surface area contributed by atoms with Gasteiger partial charge in [0.1, 0.15) is 11.9 Å². The van der Waals surface area contributed by atoms with Crippen molar-refractivity contribution in [2.24, 2.45) is 4.99 Å². The maximum Gasteiger partial charge on any atom is 0.338 e. The van der Waals surface area contributed by atoms with E-state index in [-0.39, 0.29) is 28.9 Å². The summed E-state index contributed by atoms with van der Waals surface area (Å²) in [4.78, 5) is 33.6. The monoisotopic (exact) mass is 479 g/mol. The molecule has 1 aromatic heterocycles. The average Bonchev–Trinajstić information content (AvgIpc) is 3.23. The highest BCUT2D eigenvalue weighted by molar-refractivity contribution is 7.11. The smallest absolute Gasteiger partial charge is 0.338 e. The standard InChI is InChI=1S/C22H23ClFN3O4S/c1-5-31-17(28)8-11(2)16-10-32-21(26-16)20-25-12(3)18(22(29)30-4)19(27-20)14-7-6-13(24)9-15(14)23/h6-7,9-11,19H,5,8H2,1-4H3,(H,25,27). The molecule has 2 aromatic rings. The minimum Gasteiger partial charge on any atom is -0.466 e. The molecule has 170 valence electrons. The van der Waals surface area contributed by atoms with E-state index in [4.69, 9.17) is 21.1 Å². The van der Waals surface area contributed by atoms with Crippen molar-refractivity contribution in [3.05, 3.63) is 62.0 Å². The maximum absolute atomic E-state index is 13.6. The van der Waals surface area contributed by atoms with E-state index in [9.17, 15) is 14.0 Å². The van der Waals surface area contributed by atoms with Gasteiger partial charge in [-0.2, -0.15) is 0 Å². The lowest BCUT2D eigenvalue weighted by atomic mass is 9.96. The summed E-state index contributed by atoms with van der Waals surface area (Å²) in [5, 5.41) is 5.70. The second-order valence-electron chi connectivity index (χ2n) is 7.19.